The van der Waals surface area contributed by atoms with Crippen molar-refractivity contribution in [2.75, 3.05) is 0 Å². The molecule has 1 aromatic carbocycles. The molecule has 21 heavy (non-hydrogen) atoms. The van der Waals surface area contributed by atoms with Crippen molar-refractivity contribution in [1.29, 1.82) is 0 Å². The first-order chi connectivity index (χ1) is 10.2. The standard InChI is InChI=1S/C14H7Cl2N5/c15-10-3-1-2-9-11(10)18-14(16)21-13(9)19-12(20-21)8-4-6-17-7-5-8/h1-7H. The lowest BCUT2D eigenvalue weighted by atomic mass is 10.2. The molecule has 3 aromatic heterocycles. The zero-order valence-electron chi connectivity index (χ0n) is 10.5. The van der Waals surface area contributed by atoms with Crippen LogP contribution in [-0.4, -0.2) is 24.6 Å². The fraction of sp³-hybridized carbons (Fsp3) is 0. The molecule has 0 bridgehead atoms. The van der Waals surface area contributed by atoms with Crippen LogP contribution >= 0.6 is 23.2 Å². The van der Waals surface area contributed by atoms with Gasteiger partial charge in [0.25, 0.3) is 0 Å². The normalized spacial score (nSPS) is 11.3. The molecule has 0 aliphatic rings. The smallest absolute Gasteiger partial charge is 0.226 e. The fourth-order valence-corrected chi connectivity index (χ4v) is 2.61. The first-order valence-corrected chi connectivity index (χ1v) is 6.90. The number of fused-ring (bicyclic) bond motifs is 3. The molecule has 102 valence electrons. The number of pyridine rings is 1. The van der Waals surface area contributed by atoms with Crippen LogP contribution in [0.2, 0.25) is 10.3 Å². The first kappa shape index (κ1) is 12.5. The highest BCUT2D eigenvalue weighted by atomic mass is 35.5. The van der Waals surface area contributed by atoms with Crippen LogP contribution in [0.5, 0.6) is 0 Å². The molecule has 0 spiro atoms. The van der Waals surface area contributed by atoms with Gasteiger partial charge in [0.2, 0.25) is 5.28 Å². The fourth-order valence-electron chi connectivity index (χ4n) is 2.19. The summed E-state index contributed by atoms with van der Waals surface area (Å²) in [5, 5.41) is 5.96. The maximum Gasteiger partial charge on any atom is 0.226 e. The lowest BCUT2D eigenvalue weighted by molar-refractivity contribution is 0.939. The Hall–Kier alpha value is -2.24. The van der Waals surface area contributed by atoms with Crippen molar-refractivity contribution in [3.8, 4) is 11.4 Å². The van der Waals surface area contributed by atoms with Crippen LogP contribution in [0.15, 0.2) is 42.7 Å². The van der Waals surface area contributed by atoms with E-state index in [0.29, 0.717) is 22.0 Å². The molecule has 0 unspecified atom stereocenters. The molecular formula is C14H7Cl2N5. The van der Waals surface area contributed by atoms with Crippen LogP contribution in [0.4, 0.5) is 0 Å². The molecule has 0 fully saturated rings. The second kappa shape index (κ2) is 4.65. The zero-order chi connectivity index (χ0) is 14.4. The number of hydrogen-bond donors (Lipinski definition) is 0. The van der Waals surface area contributed by atoms with E-state index in [4.69, 9.17) is 23.2 Å². The highest BCUT2D eigenvalue weighted by Gasteiger charge is 2.14. The van der Waals surface area contributed by atoms with Gasteiger partial charge in [-0.3, -0.25) is 4.98 Å². The summed E-state index contributed by atoms with van der Waals surface area (Å²) in [4.78, 5) is 12.8. The van der Waals surface area contributed by atoms with Gasteiger partial charge in [-0.1, -0.05) is 17.7 Å². The number of rotatable bonds is 1. The summed E-state index contributed by atoms with van der Waals surface area (Å²) in [6.07, 6.45) is 3.38. The van der Waals surface area contributed by atoms with Gasteiger partial charge in [0.05, 0.1) is 10.5 Å². The topological polar surface area (TPSA) is 56.0 Å². The lowest BCUT2D eigenvalue weighted by Crippen LogP contribution is -1.95. The van der Waals surface area contributed by atoms with Crippen molar-refractivity contribution in [3.63, 3.8) is 0 Å². The van der Waals surface area contributed by atoms with Crippen LogP contribution in [0.3, 0.4) is 0 Å². The highest BCUT2D eigenvalue weighted by Crippen LogP contribution is 2.27. The van der Waals surface area contributed by atoms with E-state index in [-0.39, 0.29) is 5.28 Å². The first-order valence-electron chi connectivity index (χ1n) is 6.15. The van der Waals surface area contributed by atoms with E-state index in [1.54, 1.807) is 18.5 Å². The van der Waals surface area contributed by atoms with Crippen molar-refractivity contribution < 1.29 is 0 Å². The molecule has 0 saturated heterocycles. The summed E-state index contributed by atoms with van der Waals surface area (Å²) >= 11 is 12.4. The number of para-hydroxylation sites is 1. The lowest BCUT2D eigenvalue weighted by Gasteiger charge is -2.02. The summed E-state index contributed by atoms with van der Waals surface area (Å²) in [6, 6.07) is 9.19. The molecule has 4 rings (SSSR count). The molecular weight excluding hydrogens is 309 g/mol. The minimum atomic E-state index is 0.221. The van der Waals surface area contributed by atoms with Gasteiger partial charge < -0.3 is 0 Å². The Morgan fingerprint density at radius 3 is 2.57 bits per heavy atom. The van der Waals surface area contributed by atoms with Gasteiger partial charge in [-0.05, 0) is 35.9 Å². The van der Waals surface area contributed by atoms with Gasteiger partial charge in [0, 0.05) is 23.3 Å². The minimum absolute atomic E-state index is 0.221. The summed E-state index contributed by atoms with van der Waals surface area (Å²) in [7, 11) is 0. The maximum absolute atomic E-state index is 6.19. The molecule has 0 radical (unpaired) electrons. The van der Waals surface area contributed by atoms with Gasteiger partial charge in [-0.15, -0.1) is 5.10 Å². The Labute approximate surface area is 129 Å². The monoisotopic (exact) mass is 315 g/mol. The van der Waals surface area contributed by atoms with Crippen LogP contribution in [0, 0.1) is 0 Å². The van der Waals surface area contributed by atoms with Crippen molar-refractivity contribution in [2.24, 2.45) is 0 Å². The second-order valence-electron chi connectivity index (χ2n) is 4.42. The Morgan fingerprint density at radius 2 is 1.76 bits per heavy atom. The van der Waals surface area contributed by atoms with Crippen LogP contribution in [0.1, 0.15) is 0 Å². The van der Waals surface area contributed by atoms with Gasteiger partial charge in [0.1, 0.15) is 0 Å². The number of halogens is 2. The number of benzene rings is 1. The molecule has 4 aromatic rings. The minimum Gasteiger partial charge on any atom is -0.265 e. The Kier molecular flexibility index (Phi) is 2.77. The SMILES string of the molecule is Clc1cccc2c1nc(Cl)n1nc(-c3ccncc3)nc21. The highest BCUT2D eigenvalue weighted by molar-refractivity contribution is 6.36. The predicted molar refractivity (Wildman–Crippen MR) is 81.5 cm³/mol. The Morgan fingerprint density at radius 1 is 0.952 bits per heavy atom. The third-order valence-corrected chi connectivity index (χ3v) is 3.70. The van der Waals surface area contributed by atoms with E-state index in [9.17, 15) is 0 Å². The summed E-state index contributed by atoms with van der Waals surface area (Å²) in [6.45, 7) is 0. The molecule has 0 atom stereocenters. The largest absolute Gasteiger partial charge is 0.265 e. The molecule has 3 heterocycles. The molecule has 0 aliphatic heterocycles. The van der Waals surface area contributed by atoms with E-state index in [1.165, 1.54) is 4.52 Å². The third-order valence-electron chi connectivity index (χ3n) is 3.15. The second-order valence-corrected chi connectivity index (χ2v) is 5.17. The molecule has 0 N–H and O–H groups in total. The summed E-state index contributed by atoms with van der Waals surface area (Å²) < 4.78 is 1.51. The molecule has 7 heteroatoms. The van der Waals surface area contributed by atoms with Gasteiger partial charge >= 0.3 is 0 Å². The van der Waals surface area contributed by atoms with Crippen LogP contribution in [0.25, 0.3) is 27.9 Å². The maximum atomic E-state index is 6.19. The number of hydrogen-bond acceptors (Lipinski definition) is 4. The average molecular weight is 316 g/mol. The zero-order valence-corrected chi connectivity index (χ0v) is 12.0. The van der Waals surface area contributed by atoms with Crippen molar-refractivity contribution in [2.45, 2.75) is 0 Å². The number of nitrogens with zero attached hydrogens (tertiary/aromatic N) is 5. The Balaban J connectivity index is 2.10. The molecule has 0 amide bonds. The summed E-state index contributed by atoms with van der Waals surface area (Å²) in [5.41, 5.74) is 2.10. The van der Waals surface area contributed by atoms with Gasteiger partial charge in [-0.25, -0.2) is 9.97 Å². The summed E-state index contributed by atoms with van der Waals surface area (Å²) in [5.74, 6) is 0.563. The van der Waals surface area contributed by atoms with Gasteiger partial charge in [-0.2, -0.15) is 4.52 Å². The van der Waals surface area contributed by atoms with Crippen LogP contribution < -0.4 is 0 Å². The van der Waals surface area contributed by atoms with Crippen LogP contribution in [-0.2, 0) is 0 Å². The average Bonchev–Trinajstić information content (AvgIpc) is 2.96. The van der Waals surface area contributed by atoms with E-state index in [1.807, 2.05) is 24.3 Å². The van der Waals surface area contributed by atoms with E-state index < -0.39 is 0 Å². The van der Waals surface area contributed by atoms with E-state index in [0.717, 1.165) is 10.9 Å². The van der Waals surface area contributed by atoms with Crippen molar-refractivity contribution in [1.82, 2.24) is 24.6 Å². The Bertz CT molecular complexity index is 965. The molecule has 0 aliphatic carbocycles. The van der Waals surface area contributed by atoms with Crippen molar-refractivity contribution >= 4 is 39.8 Å². The predicted octanol–water partition coefficient (Wildman–Crippen LogP) is 3.65. The van der Waals surface area contributed by atoms with E-state index >= 15 is 0 Å². The molecule has 5 nitrogen and oxygen atoms in total. The van der Waals surface area contributed by atoms with Gasteiger partial charge in [0.15, 0.2) is 11.5 Å². The van der Waals surface area contributed by atoms with Crippen molar-refractivity contribution in [3.05, 3.63) is 53.0 Å². The molecule has 0 saturated carbocycles. The third kappa shape index (κ3) is 1.93. The van der Waals surface area contributed by atoms with E-state index in [2.05, 4.69) is 20.1 Å². The quantitative estimate of drug-likeness (QED) is 0.503. The number of aromatic nitrogens is 5.